The van der Waals surface area contributed by atoms with Gasteiger partial charge >= 0.3 is 5.97 Å². The Hall–Kier alpha value is -1.67. The first-order chi connectivity index (χ1) is 8.36. The minimum atomic E-state index is -3.89. The first kappa shape index (κ1) is 14.4. The highest BCUT2D eigenvalue weighted by Crippen LogP contribution is 2.09. The van der Waals surface area contributed by atoms with E-state index < -0.39 is 21.2 Å². The molecule has 1 atom stereocenters. The van der Waals surface area contributed by atoms with Crippen molar-refractivity contribution in [1.29, 1.82) is 0 Å². The average molecular weight is 274 g/mol. The van der Waals surface area contributed by atoms with E-state index in [1.165, 1.54) is 13.3 Å². The van der Waals surface area contributed by atoms with Crippen molar-refractivity contribution in [3.05, 3.63) is 23.9 Å². The van der Waals surface area contributed by atoms with Gasteiger partial charge in [-0.1, -0.05) is 0 Å². The number of carbonyl (C=O) groups is 1. The van der Waals surface area contributed by atoms with E-state index in [0.717, 1.165) is 6.92 Å². The van der Waals surface area contributed by atoms with Crippen molar-refractivity contribution in [2.45, 2.75) is 18.7 Å². The predicted molar refractivity (Wildman–Crippen MR) is 63.6 cm³/mol. The van der Waals surface area contributed by atoms with Crippen LogP contribution in [0.2, 0.25) is 0 Å². The van der Waals surface area contributed by atoms with Gasteiger partial charge in [0.1, 0.15) is 0 Å². The number of hydrogen-bond acceptors (Lipinski definition) is 5. The Bertz CT molecular complexity index is 529. The molecule has 1 aromatic rings. The highest BCUT2D eigenvalue weighted by molar-refractivity contribution is 7.90. The summed E-state index contributed by atoms with van der Waals surface area (Å²) in [7, 11) is -2.44. The summed E-state index contributed by atoms with van der Waals surface area (Å²) in [4.78, 5) is 14.5. The van der Waals surface area contributed by atoms with E-state index in [-0.39, 0.29) is 6.54 Å². The molecule has 0 aliphatic carbocycles. The number of aromatic nitrogens is 1. The summed E-state index contributed by atoms with van der Waals surface area (Å²) >= 11 is 0. The molecular weight excluding hydrogens is 260 g/mol. The number of nitrogens with zero attached hydrogens (tertiary/aromatic N) is 1. The summed E-state index contributed by atoms with van der Waals surface area (Å²) in [6.45, 7) is 1.09. The number of rotatable bonds is 6. The monoisotopic (exact) mass is 274 g/mol. The lowest BCUT2D eigenvalue weighted by Gasteiger charge is -2.10. The number of aliphatic carboxylic acids is 1. The Morgan fingerprint density at radius 1 is 1.61 bits per heavy atom. The van der Waals surface area contributed by atoms with Gasteiger partial charge in [-0.15, -0.1) is 0 Å². The second-order valence-electron chi connectivity index (χ2n) is 3.55. The van der Waals surface area contributed by atoms with E-state index in [1.807, 2.05) is 0 Å². The quantitative estimate of drug-likeness (QED) is 0.755. The molecule has 0 amide bonds. The van der Waals surface area contributed by atoms with Gasteiger partial charge in [0.15, 0.2) is 5.25 Å². The van der Waals surface area contributed by atoms with Crippen molar-refractivity contribution < 1.29 is 23.1 Å². The van der Waals surface area contributed by atoms with Crippen molar-refractivity contribution in [1.82, 2.24) is 9.71 Å². The number of ether oxygens (including phenoxy) is 1. The van der Waals surface area contributed by atoms with Crippen LogP contribution in [0.3, 0.4) is 0 Å². The molecule has 0 radical (unpaired) electrons. The van der Waals surface area contributed by atoms with Crippen molar-refractivity contribution in [3.8, 4) is 5.88 Å². The molecule has 0 fully saturated rings. The van der Waals surface area contributed by atoms with Crippen molar-refractivity contribution in [2.24, 2.45) is 0 Å². The lowest BCUT2D eigenvalue weighted by atomic mass is 10.3. The van der Waals surface area contributed by atoms with Crippen LogP contribution in [-0.4, -0.2) is 36.8 Å². The number of sulfonamides is 1. The van der Waals surface area contributed by atoms with Crippen LogP contribution in [-0.2, 0) is 21.4 Å². The zero-order chi connectivity index (χ0) is 13.8. The molecule has 0 bridgehead atoms. The van der Waals surface area contributed by atoms with E-state index in [9.17, 15) is 13.2 Å². The van der Waals surface area contributed by atoms with Gasteiger partial charge < -0.3 is 9.84 Å². The fourth-order valence-corrected chi connectivity index (χ4v) is 2.00. The molecule has 1 unspecified atom stereocenters. The molecule has 100 valence electrons. The molecule has 0 aliphatic rings. The van der Waals surface area contributed by atoms with E-state index in [4.69, 9.17) is 9.84 Å². The number of hydrogen-bond donors (Lipinski definition) is 2. The maximum Gasteiger partial charge on any atom is 0.323 e. The lowest BCUT2D eigenvalue weighted by Crippen LogP contribution is -2.37. The molecule has 18 heavy (non-hydrogen) atoms. The number of carboxylic acids is 1. The molecule has 0 aliphatic heterocycles. The number of carboxylic acid groups (broad SMARTS) is 1. The van der Waals surface area contributed by atoms with Gasteiger partial charge in [0.25, 0.3) is 0 Å². The number of pyridine rings is 1. The SMILES string of the molecule is COc1cc(CNS(=O)(=O)C(C)C(=O)O)ccn1. The summed E-state index contributed by atoms with van der Waals surface area (Å²) in [5, 5.41) is 7.15. The Morgan fingerprint density at radius 3 is 2.83 bits per heavy atom. The topological polar surface area (TPSA) is 106 Å². The van der Waals surface area contributed by atoms with Crippen molar-refractivity contribution in [2.75, 3.05) is 7.11 Å². The Balaban J connectivity index is 2.73. The molecule has 8 heteroatoms. The number of methoxy groups -OCH3 is 1. The molecule has 0 aromatic carbocycles. The Kier molecular flexibility index (Phi) is 4.62. The van der Waals surface area contributed by atoms with Crippen LogP contribution >= 0.6 is 0 Å². The van der Waals surface area contributed by atoms with E-state index in [0.29, 0.717) is 11.4 Å². The third-order valence-electron chi connectivity index (χ3n) is 2.30. The normalized spacial score (nSPS) is 13.0. The van der Waals surface area contributed by atoms with Crippen LogP contribution in [0, 0.1) is 0 Å². The standard InChI is InChI=1S/C10H14N2O5S/c1-7(10(13)14)18(15,16)12-6-8-3-4-11-9(5-8)17-2/h3-5,7,12H,6H2,1-2H3,(H,13,14). The van der Waals surface area contributed by atoms with Gasteiger partial charge in [0.2, 0.25) is 15.9 Å². The largest absolute Gasteiger partial charge is 0.481 e. The summed E-state index contributed by atoms with van der Waals surface area (Å²) in [6.07, 6.45) is 1.48. The fraction of sp³-hybridized carbons (Fsp3) is 0.400. The van der Waals surface area contributed by atoms with Gasteiger partial charge in [-0.3, -0.25) is 4.79 Å². The molecule has 1 aromatic heterocycles. The lowest BCUT2D eigenvalue weighted by molar-refractivity contribution is -0.136. The van der Waals surface area contributed by atoms with Crippen LogP contribution in [0.15, 0.2) is 18.3 Å². The van der Waals surface area contributed by atoms with Crippen LogP contribution in [0.5, 0.6) is 5.88 Å². The molecule has 1 heterocycles. The highest BCUT2D eigenvalue weighted by atomic mass is 32.2. The van der Waals surface area contributed by atoms with Gasteiger partial charge in [-0.2, -0.15) is 0 Å². The fourth-order valence-electron chi connectivity index (χ4n) is 1.11. The maximum absolute atomic E-state index is 11.6. The molecular formula is C10H14N2O5S. The zero-order valence-electron chi connectivity index (χ0n) is 9.95. The highest BCUT2D eigenvalue weighted by Gasteiger charge is 2.26. The van der Waals surface area contributed by atoms with E-state index in [2.05, 4.69) is 9.71 Å². The minimum Gasteiger partial charge on any atom is -0.481 e. The van der Waals surface area contributed by atoms with Crippen molar-refractivity contribution in [3.63, 3.8) is 0 Å². The maximum atomic E-state index is 11.6. The molecule has 1 rings (SSSR count). The average Bonchev–Trinajstić information content (AvgIpc) is 2.35. The van der Waals surface area contributed by atoms with Crippen LogP contribution in [0.4, 0.5) is 0 Å². The van der Waals surface area contributed by atoms with Crippen LogP contribution < -0.4 is 9.46 Å². The molecule has 0 spiro atoms. The summed E-state index contributed by atoms with van der Waals surface area (Å²) in [5.74, 6) is -1.03. The Morgan fingerprint density at radius 2 is 2.28 bits per heavy atom. The first-order valence-electron chi connectivity index (χ1n) is 5.07. The van der Waals surface area contributed by atoms with Gasteiger partial charge in [0.05, 0.1) is 7.11 Å². The molecule has 0 saturated carbocycles. The summed E-state index contributed by atoms with van der Waals surface area (Å²) in [5.41, 5.74) is 0.628. The van der Waals surface area contributed by atoms with Crippen molar-refractivity contribution >= 4 is 16.0 Å². The van der Waals surface area contributed by atoms with E-state index >= 15 is 0 Å². The van der Waals surface area contributed by atoms with Crippen LogP contribution in [0.1, 0.15) is 12.5 Å². The molecule has 2 N–H and O–H groups in total. The second-order valence-corrected chi connectivity index (χ2v) is 5.64. The van der Waals surface area contributed by atoms with Crippen LogP contribution in [0.25, 0.3) is 0 Å². The van der Waals surface area contributed by atoms with E-state index in [1.54, 1.807) is 12.1 Å². The van der Waals surface area contributed by atoms with Gasteiger partial charge in [0, 0.05) is 18.8 Å². The molecule has 0 saturated heterocycles. The zero-order valence-corrected chi connectivity index (χ0v) is 10.8. The van der Waals surface area contributed by atoms with Gasteiger partial charge in [-0.05, 0) is 18.6 Å². The molecule has 7 nitrogen and oxygen atoms in total. The summed E-state index contributed by atoms with van der Waals surface area (Å²) < 4.78 is 30.2. The van der Waals surface area contributed by atoms with Gasteiger partial charge in [-0.25, -0.2) is 18.1 Å². The third kappa shape index (κ3) is 3.67. The predicted octanol–water partition coefficient (Wildman–Crippen LogP) is -0.0173. The Labute approximate surface area is 105 Å². The first-order valence-corrected chi connectivity index (χ1v) is 6.61. The number of nitrogens with one attached hydrogen (secondary N) is 1. The summed E-state index contributed by atoms with van der Waals surface area (Å²) in [6, 6.07) is 3.17. The smallest absolute Gasteiger partial charge is 0.323 e. The third-order valence-corrected chi connectivity index (χ3v) is 3.98. The minimum absolute atomic E-state index is 0.0150. The second kappa shape index (κ2) is 5.78.